The highest BCUT2D eigenvalue weighted by Gasteiger charge is 2.45. The number of aliphatic carboxylic acids is 1. The number of hydrogen-bond acceptors (Lipinski definition) is 4. The van der Waals surface area contributed by atoms with Gasteiger partial charge in [-0.1, -0.05) is 48.5 Å². The SMILES string of the molecule is COc1ccc(C(=O)NC2(C(=O)O)Cc3ccccc3C2)cc1C(O)c1ccccc1C. The molecule has 1 aliphatic carbocycles. The van der Waals surface area contributed by atoms with Gasteiger partial charge in [0.15, 0.2) is 0 Å². The van der Waals surface area contributed by atoms with E-state index in [0.717, 1.165) is 16.7 Å². The van der Waals surface area contributed by atoms with Crippen molar-refractivity contribution in [2.45, 2.75) is 31.4 Å². The molecule has 0 bridgehead atoms. The normalized spacial score (nSPS) is 15.0. The van der Waals surface area contributed by atoms with Crippen molar-refractivity contribution < 1.29 is 24.5 Å². The van der Waals surface area contributed by atoms with Crippen LogP contribution in [0.5, 0.6) is 5.75 Å². The maximum atomic E-state index is 13.1. The van der Waals surface area contributed by atoms with Crippen molar-refractivity contribution in [2.75, 3.05) is 7.11 Å². The molecule has 4 rings (SSSR count). The lowest BCUT2D eigenvalue weighted by atomic mass is 9.93. The number of carboxylic acid groups (broad SMARTS) is 1. The number of fused-ring (bicyclic) bond motifs is 1. The van der Waals surface area contributed by atoms with Crippen LogP contribution in [0.15, 0.2) is 66.7 Å². The van der Waals surface area contributed by atoms with E-state index in [4.69, 9.17) is 4.74 Å². The van der Waals surface area contributed by atoms with Gasteiger partial charge in [-0.3, -0.25) is 4.79 Å². The number of ether oxygens (including phenoxy) is 1. The largest absolute Gasteiger partial charge is 0.496 e. The minimum absolute atomic E-state index is 0.221. The van der Waals surface area contributed by atoms with E-state index in [-0.39, 0.29) is 18.4 Å². The van der Waals surface area contributed by atoms with Crippen molar-refractivity contribution in [3.8, 4) is 5.75 Å². The van der Waals surface area contributed by atoms with Crippen LogP contribution in [0.1, 0.15) is 44.3 Å². The van der Waals surface area contributed by atoms with Gasteiger partial charge in [0.2, 0.25) is 0 Å². The van der Waals surface area contributed by atoms with Gasteiger partial charge in [-0.2, -0.15) is 0 Å². The molecule has 0 spiro atoms. The smallest absolute Gasteiger partial charge is 0.330 e. The molecule has 6 nitrogen and oxygen atoms in total. The average molecular weight is 431 g/mol. The van der Waals surface area contributed by atoms with Gasteiger partial charge in [0.1, 0.15) is 17.4 Å². The second-order valence-electron chi connectivity index (χ2n) is 8.18. The molecule has 0 fully saturated rings. The lowest BCUT2D eigenvalue weighted by Gasteiger charge is -2.26. The number of carboxylic acids is 1. The van der Waals surface area contributed by atoms with Crippen molar-refractivity contribution in [1.82, 2.24) is 5.32 Å². The summed E-state index contributed by atoms with van der Waals surface area (Å²) >= 11 is 0. The number of benzene rings is 3. The van der Waals surface area contributed by atoms with Crippen LogP contribution in [-0.2, 0) is 17.6 Å². The van der Waals surface area contributed by atoms with Crippen LogP contribution >= 0.6 is 0 Å². The number of carbonyl (C=O) groups is 2. The molecule has 0 saturated carbocycles. The van der Waals surface area contributed by atoms with Crippen molar-refractivity contribution in [2.24, 2.45) is 0 Å². The lowest BCUT2D eigenvalue weighted by Crippen LogP contribution is -2.55. The topological polar surface area (TPSA) is 95.9 Å². The zero-order valence-electron chi connectivity index (χ0n) is 18.0. The molecule has 164 valence electrons. The first kappa shape index (κ1) is 21.6. The standard InChI is InChI=1S/C26H25NO5/c1-16-7-3-6-10-20(16)23(28)21-13-17(11-12-22(21)32-2)24(29)27-26(25(30)31)14-18-8-4-5-9-19(18)15-26/h3-13,23,28H,14-15H2,1-2H3,(H,27,29)(H,30,31). The number of nitrogens with one attached hydrogen (secondary N) is 1. The maximum Gasteiger partial charge on any atom is 0.330 e. The Morgan fingerprint density at radius 3 is 2.19 bits per heavy atom. The summed E-state index contributed by atoms with van der Waals surface area (Å²) in [5.74, 6) is -1.14. The second kappa shape index (κ2) is 8.48. The van der Waals surface area contributed by atoms with E-state index in [9.17, 15) is 19.8 Å². The molecule has 6 heteroatoms. The predicted molar refractivity (Wildman–Crippen MR) is 120 cm³/mol. The van der Waals surface area contributed by atoms with Crippen molar-refractivity contribution in [3.63, 3.8) is 0 Å². The molecule has 32 heavy (non-hydrogen) atoms. The quantitative estimate of drug-likeness (QED) is 0.556. The molecule has 3 N–H and O–H groups in total. The van der Waals surface area contributed by atoms with Crippen LogP contribution in [0.4, 0.5) is 0 Å². The third-order valence-electron chi connectivity index (χ3n) is 6.13. The van der Waals surface area contributed by atoms with Gasteiger partial charge in [-0.25, -0.2) is 4.79 Å². The number of aliphatic hydroxyl groups is 1. The summed E-state index contributed by atoms with van der Waals surface area (Å²) in [4.78, 5) is 25.3. The van der Waals surface area contributed by atoms with E-state index in [2.05, 4.69) is 5.32 Å². The van der Waals surface area contributed by atoms with Crippen LogP contribution in [0.3, 0.4) is 0 Å². The van der Waals surface area contributed by atoms with Gasteiger partial charge < -0.3 is 20.3 Å². The van der Waals surface area contributed by atoms with Crippen molar-refractivity contribution in [3.05, 3.63) is 100 Å². The minimum atomic E-state index is -1.41. The molecule has 1 unspecified atom stereocenters. The Kier molecular flexibility index (Phi) is 5.72. The number of hydrogen-bond donors (Lipinski definition) is 3. The van der Waals surface area contributed by atoms with Gasteiger partial charge in [0, 0.05) is 24.0 Å². The first-order valence-corrected chi connectivity index (χ1v) is 10.4. The molecule has 3 aromatic carbocycles. The molecule has 3 aromatic rings. The van der Waals surface area contributed by atoms with Crippen LogP contribution in [0, 0.1) is 6.92 Å². The van der Waals surface area contributed by atoms with Crippen molar-refractivity contribution in [1.29, 1.82) is 0 Å². The van der Waals surface area contributed by atoms with Gasteiger partial charge in [-0.05, 0) is 47.4 Å². The van der Waals surface area contributed by atoms with E-state index < -0.39 is 23.5 Å². The fourth-order valence-electron chi connectivity index (χ4n) is 4.35. The molecule has 1 aliphatic rings. The van der Waals surface area contributed by atoms with E-state index in [1.54, 1.807) is 18.2 Å². The fraction of sp³-hybridized carbons (Fsp3) is 0.231. The average Bonchev–Trinajstić information content (AvgIpc) is 3.18. The first-order chi connectivity index (χ1) is 15.3. The molecule has 0 heterocycles. The van der Waals surface area contributed by atoms with Crippen LogP contribution in [0.25, 0.3) is 0 Å². The number of aryl methyl sites for hydroxylation is 1. The van der Waals surface area contributed by atoms with Gasteiger partial charge in [0.25, 0.3) is 5.91 Å². The Balaban J connectivity index is 1.65. The molecular weight excluding hydrogens is 406 g/mol. The summed E-state index contributed by atoms with van der Waals surface area (Å²) in [5.41, 5.74) is 2.73. The van der Waals surface area contributed by atoms with E-state index in [1.165, 1.54) is 7.11 Å². The van der Waals surface area contributed by atoms with Gasteiger partial charge in [-0.15, -0.1) is 0 Å². The Hall–Kier alpha value is -3.64. The summed E-state index contributed by atoms with van der Waals surface area (Å²) in [6.45, 7) is 1.90. The van der Waals surface area contributed by atoms with Crippen molar-refractivity contribution >= 4 is 11.9 Å². The Labute approximate surface area is 186 Å². The Morgan fingerprint density at radius 1 is 0.969 bits per heavy atom. The molecular formula is C26H25NO5. The summed E-state index contributed by atoms with van der Waals surface area (Å²) < 4.78 is 5.41. The molecule has 0 aromatic heterocycles. The fourth-order valence-corrected chi connectivity index (χ4v) is 4.35. The van der Waals surface area contributed by atoms with E-state index in [1.807, 2.05) is 55.5 Å². The number of aliphatic hydroxyl groups excluding tert-OH is 1. The first-order valence-electron chi connectivity index (χ1n) is 10.4. The predicted octanol–water partition coefficient (Wildman–Crippen LogP) is 3.44. The molecule has 0 aliphatic heterocycles. The highest BCUT2D eigenvalue weighted by atomic mass is 16.5. The highest BCUT2D eigenvalue weighted by molar-refractivity contribution is 5.98. The number of rotatable bonds is 6. The van der Waals surface area contributed by atoms with Crippen LogP contribution in [-0.4, -0.2) is 34.7 Å². The molecule has 0 radical (unpaired) electrons. The zero-order chi connectivity index (χ0) is 22.9. The second-order valence-corrected chi connectivity index (χ2v) is 8.18. The summed E-state index contributed by atoms with van der Waals surface area (Å²) in [6.07, 6.45) is -0.555. The zero-order valence-corrected chi connectivity index (χ0v) is 18.0. The van der Waals surface area contributed by atoms with E-state index in [0.29, 0.717) is 16.9 Å². The van der Waals surface area contributed by atoms with Gasteiger partial charge in [0.05, 0.1) is 7.11 Å². The molecule has 1 atom stereocenters. The van der Waals surface area contributed by atoms with Gasteiger partial charge >= 0.3 is 5.97 Å². The molecule has 0 saturated heterocycles. The number of methoxy groups -OCH3 is 1. The number of amides is 1. The summed E-state index contributed by atoms with van der Waals surface area (Å²) in [7, 11) is 1.50. The third-order valence-corrected chi connectivity index (χ3v) is 6.13. The number of carbonyl (C=O) groups excluding carboxylic acids is 1. The van der Waals surface area contributed by atoms with Crippen LogP contribution in [0.2, 0.25) is 0 Å². The van der Waals surface area contributed by atoms with Crippen LogP contribution < -0.4 is 10.1 Å². The highest BCUT2D eigenvalue weighted by Crippen LogP contribution is 2.34. The Morgan fingerprint density at radius 2 is 1.59 bits per heavy atom. The Bertz CT molecular complexity index is 1160. The lowest BCUT2D eigenvalue weighted by molar-refractivity contribution is -0.144. The molecule has 1 amide bonds. The maximum absolute atomic E-state index is 13.1. The third kappa shape index (κ3) is 3.85. The summed E-state index contributed by atoms with van der Waals surface area (Å²) in [5, 5.41) is 23.7. The summed E-state index contributed by atoms with van der Waals surface area (Å²) in [6, 6.07) is 19.7. The van der Waals surface area contributed by atoms with E-state index >= 15 is 0 Å². The minimum Gasteiger partial charge on any atom is -0.496 e. The monoisotopic (exact) mass is 431 g/mol.